The molecule has 0 aromatic heterocycles. The highest BCUT2D eigenvalue weighted by atomic mass is 16.4. The van der Waals surface area contributed by atoms with Crippen molar-refractivity contribution >= 4 is 23.5 Å². The first-order chi connectivity index (χ1) is 7.91. The summed E-state index contributed by atoms with van der Waals surface area (Å²) >= 11 is 0. The molecule has 0 radical (unpaired) electrons. The lowest BCUT2D eigenvalue weighted by Crippen LogP contribution is -2.16. The summed E-state index contributed by atoms with van der Waals surface area (Å²) in [6.45, 7) is 0. The van der Waals surface area contributed by atoms with E-state index < -0.39 is 35.5 Å². The molecule has 1 rings (SSSR count). The second-order valence-corrected chi connectivity index (χ2v) is 3.22. The van der Waals surface area contributed by atoms with Crippen LogP contribution >= 0.6 is 0 Å². The molecule has 0 fully saturated rings. The van der Waals surface area contributed by atoms with Gasteiger partial charge in [-0.3, -0.25) is 14.4 Å². The van der Waals surface area contributed by atoms with Crippen LogP contribution in [0, 0.1) is 0 Å². The van der Waals surface area contributed by atoms with E-state index in [-0.39, 0.29) is 5.57 Å². The third kappa shape index (κ3) is 3.23. The average Bonchev–Trinajstić information content (AvgIpc) is 2.22. The number of hydrogen-bond acceptors (Lipinski definition) is 4. The van der Waals surface area contributed by atoms with Gasteiger partial charge in [-0.25, -0.2) is 4.79 Å². The number of carbonyl (C=O) groups is 4. The molecule has 1 aliphatic rings. The van der Waals surface area contributed by atoms with Crippen molar-refractivity contribution in [2.75, 3.05) is 0 Å². The summed E-state index contributed by atoms with van der Waals surface area (Å²) in [6, 6.07) is 0. The molecular weight excluding hydrogens is 228 g/mol. The minimum atomic E-state index is -1.44. The largest absolute Gasteiger partial charge is 0.481 e. The van der Waals surface area contributed by atoms with E-state index in [1.807, 2.05) is 0 Å². The van der Waals surface area contributed by atoms with Crippen molar-refractivity contribution in [2.45, 2.75) is 6.42 Å². The van der Waals surface area contributed by atoms with Gasteiger partial charge in [0.05, 0.1) is 6.42 Å². The van der Waals surface area contributed by atoms with Crippen molar-refractivity contribution in [3.63, 3.8) is 0 Å². The van der Waals surface area contributed by atoms with Gasteiger partial charge >= 0.3 is 11.9 Å². The lowest BCUT2D eigenvalue weighted by molar-refractivity contribution is -0.139. The number of carboxylic acid groups (broad SMARTS) is 2. The molecule has 0 unspecified atom stereocenters. The molecule has 0 aromatic carbocycles. The molecule has 0 saturated heterocycles. The zero-order chi connectivity index (χ0) is 13.0. The Kier molecular flexibility index (Phi) is 3.71. The van der Waals surface area contributed by atoms with Gasteiger partial charge < -0.3 is 10.2 Å². The van der Waals surface area contributed by atoms with Crippen LogP contribution in [-0.2, 0) is 19.2 Å². The number of rotatable bonds is 4. The number of ketones is 2. The van der Waals surface area contributed by atoms with Gasteiger partial charge in [0.15, 0.2) is 0 Å². The van der Waals surface area contributed by atoms with Crippen LogP contribution in [0.4, 0.5) is 0 Å². The normalized spacial score (nSPS) is 15.8. The van der Waals surface area contributed by atoms with E-state index in [4.69, 9.17) is 10.2 Å². The average molecular weight is 236 g/mol. The van der Waals surface area contributed by atoms with Gasteiger partial charge in [0.25, 0.3) is 0 Å². The maximum atomic E-state index is 11.3. The fourth-order valence-electron chi connectivity index (χ4n) is 1.19. The highest BCUT2D eigenvalue weighted by Crippen LogP contribution is 2.12. The van der Waals surface area contributed by atoms with Crippen LogP contribution in [0.25, 0.3) is 0 Å². The Morgan fingerprint density at radius 3 is 2.41 bits per heavy atom. The van der Waals surface area contributed by atoms with Crippen LogP contribution in [0.15, 0.2) is 35.5 Å². The van der Waals surface area contributed by atoms with Gasteiger partial charge in [-0.2, -0.15) is 0 Å². The highest BCUT2D eigenvalue weighted by molar-refractivity contribution is 6.48. The fourth-order valence-corrected chi connectivity index (χ4v) is 1.19. The molecule has 0 amide bonds. The quantitative estimate of drug-likeness (QED) is 0.407. The van der Waals surface area contributed by atoms with Crippen molar-refractivity contribution < 1.29 is 29.4 Å². The lowest BCUT2D eigenvalue weighted by Gasteiger charge is -2.04. The predicted octanol–water partition coefficient (Wildman–Crippen LogP) is 0.106. The molecular formula is C11H8O6. The molecule has 2 N–H and O–H groups in total. The number of allylic oxidation sites excluding steroid dienone is 5. The molecule has 0 atom stereocenters. The molecule has 0 bridgehead atoms. The summed E-state index contributed by atoms with van der Waals surface area (Å²) in [7, 11) is 0. The second-order valence-electron chi connectivity index (χ2n) is 3.22. The number of carboxylic acids is 2. The van der Waals surface area contributed by atoms with Crippen molar-refractivity contribution in [3.8, 4) is 0 Å². The Morgan fingerprint density at radius 2 is 1.88 bits per heavy atom. The van der Waals surface area contributed by atoms with E-state index in [9.17, 15) is 19.2 Å². The van der Waals surface area contributed by atoms with E-state index in [2.05, 4.69) is 0 Å². The van der Waals surface area contributed by atoms with Gasteiger partial charge in [0, 0.05) is 11.1 Å². The minimum absolute atomic E-state index is 0.129. The van der Waals surface area contributed by atoms with Crippen molar-refractivity contribution in [1.82, 2.24) is 0 Å². The first-order valence-electron chi connectivity index (χ1n) is 4.54. The van der Waals surface area contributed by atoms with Crippen LogP contribution in [-0.4, -0.2) is 33.7 Å². The summed E-state index contributed by atoms with van der Waals surface area (Å²) in [6.07, 6.45) is 3.79. The monoisotopic (exact) mass is 236 g/mol. The highest BCUT2D eigenvalue weighted by Gasteiger charge is 2.20. The van der Waals surface area contributed by atoms with Gasteiger partial charge in [-0.1, -0.05) is 12.2 Å². The topological polar surface area (TPSA) is 109 Å². The number of aliphatic carboxylic acids is 2. The summed E-state index contributed by atoms with van der Waals surface area (Å²) in [5.74, 6) is -4.39. The third-order valence-corrected chi connectivity index (χ3v) is 1.96. The molecule has 0 heterocycles. The molecule has 1 aliphatic carbocycles. The Bertz CT molecular complexity index is 492. The summed E-state index contributed by atoms with van der Waals surface area (Å²) in [5, 5.41) is 17.2. The van der Waals surface area contributed by atoms with Crippen LogP contribution < -0.4 is 0 Å². The van der Waals surface area contributed by atoms with Gasteiger partial charge in [-0.05, 0) is 12.2 Å². The van der Waals surface area contributed by atoms with Crippen molar-refractivity contribution in [1.29, 1.82) is 0 Å². The Morgan fingerprint density at radius 1 is 1.24 bits per heavy atom. The Labute approximate surface area is 95.5 Å². The van der Waals surface area contributed by atoms with Crippen molar-refractivity contribution in [2.24, 2.45) is 0 Å². The van der Waals surface area contributed by atoms with E-state index in [1.165, 1.54) is 12.2 Å². The molecule has 0 aliphatic heterocycles. The smallest absolute Gasteiger partial charge is 0.332 e. The van der Waals surface area contributed by atoms with Gasteiger partial charge in [0.2, 0.25) is 11.6 Å². The van der Waals surface area contributed by atoms with Gasteiger partial charge in [-0.15, -0.1) is 0 Å². The zero-order valence-electron chi connectivity index (χ0n) is 8.54. The number of hydrogen-bond donors (Lipinski definition) is 2. The van der Waals surface area contributed by atoms with E-state index >= 15 is 0 Å². The fraction of sp³-hybridized carbons (Fsp3) is 0.0909. The summed E-state index contributed by atoms with van der Waals surface area (Å²) in [4.78, 5) is 43.5. The van der Waals surface area contributed by atoms with Crippen molar-refractivity contribution in [3.05, 3.63) is 35.5 Å². The zero-order valence-corrected chi connectivity index (χ0v) is 8.54. The maximum absolute atomic E-state index is 11.3. The molecule has 6 nitrogen and oxygen atoms in total. The van der Waals surface area contributed by atoms with Crippen LogP contribution in [0.1, 0.15) is 6.42 Å². The number of Topliss-reactive ketones (excluding diaryl/α,β-unsaturated/α-hetero) is 1. The van der Waals surface area contributed by atoms with Crippen LogP contribution in [0.2, 0.25) is 0 Å². The molecule has 17 heavy (non-hydrogen) atoms. The SMILES string of the molecule is O=C(O)CC(=CC1=CC=CC(=O)C1=O)C(=O)O. The second kappa shape index (κ2) is 5.02. The third-order valence-electron chi connectivity index (χ3n) is 1.96. The van der Waals surface area contributed by atoms with E-state index in [0.29, 0.717) is 0 Å². The number of carbonyl (C=O) groups excluding carboxylic acids is 2. The molecule has 0 saturated carbocycles. The van der Waals surface area contributed by atoms with Crippen LogP contribution in [0.3, 0.4) is 0 Å². The first-order valence-corrected chi connectivity index (χ1v) is 4.54. The Hall–Kier alpha value is -2.50. The Balaban J connectivity index is 3.06. The lowest BCUT2D eigenvalue weighted by atomic mass is 9.99. The summed E-state index contributed by atoms with van der Waals surface area (Å²) in [5.41, 5.74) is -0.587. The van der Waals surface area contributed by atoms with Gasteiger partial charge in [0.1, 0.15) is 0 Å². The molecule has 0 spiro atoms. The van der Waals surface area contributed by atoms with E-state index in [0.717, 1.165) is 12.2 Å². The van der Waals surface area contributed by atoms with Crippen LogP contribution in [0.5, 0.6) is 0 Å². The molecule has 88 valence electrons. The maximum Gasteiger partial charge on any atom is 0.332 e. The summed E-state index contributed by atoms with van der Waals surface area (Å²) < 4.78 is 0. The predicted molar refractivity (Wildman–Crippen MR) is 55.2 cm³/mol. The minimum Gasteiger partial charge on any atom is -0.481 e. The molecule has 6 heteroatoms. The first kappa shape index (κ1) is 12.6. The standard InChI is InChI=1S/C11H8O6/c12-8-3-1-2-6(10(8)15)4-7(11(16)17)5-9(13)14/h1-4H,5H2,(H,13,14)(H,16,17). The van der Waals surface area contributed by atoms with E-state index in [1.54, 1.807) is 0 Å². The molecule has 0 aromatic rings.